The third-order valence-corrected chi connectivity index (χ3v) is 4.90. The van der Waals surface area contributed by atoms with Gasteiger partial charge >= 0.3 is 6.18 Å². The molecule has 6 heteroatoms. The van der Waals surface area contributed by atoms with Gasteiger partial charge in [-0.2, -0.15) is 13.2 Å². The van der Waals surface area contributed by atoms with E-state index in [9.17, 15) is 13.2 Å². The molecule has 0 fully saturated rings. The second kappa shape index (κ2) is 6.36. The van der Waals surface area contributed by atoms with Crippen LogP contribution in [-0.2, 0) is 19.1 Å². The maximum absolute atomic E-state index is 13.5. The summed E-state index contributed by atoms with van der Waals surface area (Å²) in [5.41, 5.74) is 2.33. The van der Waals surface area contributed by atoms with Gasteiger partial charge in [-0.3, -0.25) is 0 Å². The molecule has 1 N–H and O–H groups in total. The third kappa shape index (κ3) is 2.94. The van der Waals surface area contributed by atoms with E-state index in [1.807, 2.05) is 12.1 Å². The molecule has 0 bridgehead atoms. The molecule has 0 aliphatic carbocycles. The Labute approximate surface area is 149 Å². The Kier molecular flexibility index (Phi) is 4.15. The molecule has 2 aromatic carbocycles. The third-order valence-electron chi connectivity index (χ3n) is 4.90. The molecule has 1 aliphatic rings. The number of rotatable bonds is 2. The quantitative estimate of drug-likeness (QED) is 0.729. The minimum Gasteiger partial charge on any atom is -0.497 e. The summed E-state index contributed by atoms with van der Waals surface area (Å²) >= 11 is 0. The average Bonchev–Trinajstić information content (AvgIpc) is 2.80. The van der Waals surface area contributed by atoms with Crippen LogP contribution in [0.5, 0.6) is 5.75 Å². The SMILES string of the molecule is COc1ccc(-c2ccc3c(c2)cc2n3CCNCC2)c(C(F)(F)F)c1. The molecule has 0 saturated heterocycles. The van der Waals surface area contributed by atoms with E-state index in [4.69, 9.17) is 4.74 Å². The number of nitrogens with one attached hydrogen (secondary N) is 1. The first kappa shape index (κ1) is 17.0. The molecule has 0 atom stereocenters. The van der Waals surface area contributed by atoms with Gasteiger partial charge in [0.25, 0.3) is 0 Å². The Hall–Kier alpha value is -2.47. The van der Waals surface area contributed by atoms with E-state index in [-0.39, 0.29) is 11.3 Å². The van der Waals surface area contributed by atoms with Crippen LogP contribution in [0.3, 0.4) is 0 Å². The zero-order valence-electron chi connectivity index (χ0n) is 14.4. The minimum absolute atomic E-state index is 0.170. The molecule has 0 unspecified atom stereocenters. The normalized spacial score (nSPS) is 14.9. The number of nitrogens with zero attached hydrogens (tertiary/aromatic N) is 1. The summed E-state index contributed by atoms with van der Waals surface area (Å²) in [6.45, 7) is 2.68. The lowest BCUT2D eigenvalue weighted by Crippen LogP contribution is -2.17. The van der Waals surface area contributed by atoms with E-state index in [0.717, 1.165) is 43.0 Å². The highest BCUT2D eigenvalue weighted by atomic mass is 19.4. The Bertz CT molecular complexity index is 960. The summed E-state index contributed by atoms with van der Waals surface area (Å²) in [6.07, 6.45) is -3.53. The lowest BCUT2D eigenvalue weighted by Gasteiger charge is -2.15. The van der Waals surface area contributed by atoms with E-state index in [1.165, 1.54) is 18.9 Å². The van der Waals surface area contributed by atoms with Gasteiger partial charge in [0, 0.05) is 42.7 Å². The predicted molar refractivity (Wildman–Crippen MR) is 95.5 cm³/mol. The van der Waals surface area contributed by atoms with Gasteiger partial charge in [0.1, 0.15) is 5.75 Å². The molecule has 1 aliphatic heterocycles. The molecule has 4 rings (SSSR count). The molecule has 1 aromatic heterocycles. The van der Waals surface area contributed by atoms with Crippen molar-refractivity contribution >= 4 is 10.9 Å². The van der Waals surface area contributed by atoms with Gasteiger partial charge in [-0.05, 0) is 41.5 Å². The van der Waals surface area contributed by atoms with Crippen molar-refractivity contribution in [1.29, 1.82) is 0 Å². The first-order chi connectivity index (χ1) is 12.5. The number of ether oxygens (including phenoxy) is 1. The van der Waals surface area contributed by atoms with E-state index in [2.05, 4.69) is 16.0 Å². The number of halogens is 3. The van der Waals surface area contributed by atoms with Crippen molar-refractivity contribution in [3.8, 4) is 16.9 Å². The van der Waals surface area contributed by atoms with Crippen LogP contribution in [0.1, 0.15) is 11.3 Å². The lowest BCUT2D eigenvalue weighted by molar-refractivity contribution is -0.137. The summed E-state index contributed by atoms with van der Waals surface area (Å²) in [5, 5.41) is 4.33. The fraction of sp³-hybridized carbons (Fsp3) is 0.300. The number of benzene rings is 2. The van der Waals surface area contributed by atoms with Crippen molar-refractivity contribution in [2.45, 2.75) is 19.1 Å². The molecule has 0 radical (unpaired) electrons. The average molecular weight is 360 g/mol. The Balaban J connectivity index is 1.85. The van der Waals surface area contributed by atoms with Gasteiger partial charge in [0.05, 0.1) is 12.7 Å². The van der Waals surface area contributed by atoms with Gasteiger partial charge in [-0.1, -0.05) is 12.1 Å². The van der Waals surface area contributed by atoms with E-state index in [1.54, 1.807) is 12.1 Å². The number of fused-ring (bicyclic) bond motifs is 3. The number of hydrogen-bond acceptors (Lipinski definition) is 2. The largest absolute Gasteiger partial charge is 0.497 e. The van der Waals surface area contributed by atoms with Crippen LogP contribution in [0.15, 0.2) is 42.5 Å². The standard InChI is InChI=1S/C20H19F3N2O/c1-26-16-3-4-17(18(12-16)20(21,22)23)13-2-5-19-14(10-13)11-15-6-7-24-8-9-25(15)19/h2-5,10-12,24H,6-9H2,1H3. The monoisotopic (exact) mass is 360 g/mol. The Morgan fingerprint density at radius 1 is 1.04 bits per heavy atom. The van der Waals surface area contributed by atoms with Gasteiger partial charge in [0.2, 0.25) is 0 Å². The van der Waals surface area contributed by atoms with Gasteiger partial charge in [0.15, 0.2) is 0 Å². The number of hydrogen-bond donors (Lipinski definition) is 1. The smallest absolute Gasteiger partial charge is 0.417 e. The summed E-state index contributed by atoms with van der Waals surface area (Å²) in [7, 11) is 1.37. The molecule has 136 valence electrons. The number of methoxy groups -OCH3 is 1. The minimum atomic E-state index is -4.44. The van der Waals surface area contributed by atoms with Crippen molar-refractivity contribution in [2.24, 2.45) is 0 Å². The van der Waals surface area contributed by atoms with Crippen LogP contribution < -0.4 is 10.1 Å². The van der Waals surface area contributed by atoms with Crippen molar-refractivity contribution < 1.29 is 17.9 Å². The van der Waals surface area contributed by atoms with E-state index in [0.29, 0.717) is 5.56 Å². The highest BCUT2D eigenvalue weighted by molar-refractivity contribution is 5.87. The fourth-order valence-corrected chi connectivity index (χ4v) is 3.64. The van der Waals surface area contributed by atoms with Crippen molar-refractivity contribution in [3.63, 3.8) is 0 Å². The second-order valence-corrected chi connectivity index (χ2v) is 6.47. The van der Waals surface area contributed by atoms with Crippen molar-refractivity contribution in [3.05, 3.63) is 53.7 Å². The van der Waals surface area contributed by atoms with Gasteiger partial charge in [-0.15, -0.1) is 0 Å². The van der Waals surface area contributed by atoms with Crippen LogP contribution in [0.2, 0.25) is 0 Å². The zero-order chi connectivity index (χ0) is 18.3. The summed E-state index contributed by atoms with van der Waals surface area (Å²) < 4.78 is 47.8. The summed E-state index contributed by atoms with van der Waals surface area (Å²) in [6, 6.07) is 11.7. The van der Waals surface area contributed by atoms with Crippen LogP contribution in [0.25, 0.3) is 22.0 Å². The van der Waals surface area contributed by atoms with Gasteiger partial charge < -0.3 is 14.6 Å². The first-order valence-electron chi connectivity index (χ1n) is 8.56. The second-order valence-electron chi connectivity index (χ2n) is 6.47. The molecule has 26 heavy (non-hydrogen) atoms. The van der Waals surface area contributed by atoms with E-state index < -0.39 is 11.7 Å². The summed E-state index contributed by atoms with van der Waals surface area (Å²) in [5.74, 6) is 0.199. The van der Waals surface area contributed by atoms with Crippen LogP contribution >= 0.6 is 0 Å². The van der Waals surface area contributed by atoms with Crippen LogP contribution in [0, 0.1) is 0 Å². The maximum atomic E-state index is 13.5. The van der Waals surface area contributed by atoms with Crippen LogP contribution in [-0.4, -0.2) is 24.8 Å². The van der Waals surface area contributed by atoms with Gasteiger partial charge in [-0.25, -0.2) is 0 Å². The number of aromatic nitrogens is 1. The zero-order valence-corrected chi connectivity index (χ0v) is 14.4. The van der Waals surface area contributed by atoms with Crippen molar-refractivity contribution in [1.82, 2.24) is 9.88 Å². The molecule has 0 saturated carbocycles. The predicted octanol–water partition coefficient (Wildman–Crippen LogP) is 4.48. The molecule has 3 nitrogen and oxygen atoms in total. The van der Waals surface area contributed by atoms with Crippen molar-refractivity contribution in [2.75, 3.05) is 20.2 Å². The first-order valence-corrected chi connectivity index (χ1v) is 8.56. The fourth-order valence-electron chi connectivity index (χ4n) is 3.64. The highest BCUT2D eigenvalue weighted by Gasteiger charge is 2.34. The highest BCUT2D eigenvalue weighted by Crippen LogP contribution is 2.40. The Morgan fingerprint density at radius 2 is 1.88 bits per heavy atom. The molecule has 3 aromatic rings. The maximum Gasteiger partial charge on any atom is 0.417 e. The topological polar surface area (TPSA) is 26.2 Å². The molecule has 0 amide bonds. The Morgan fingerprint density at radius 3 is 2.65 bits per heavy atom. The summed E-state index contributed by atoms with van der Waals surface area (Å²) in [4.78, 5) is 0. The van der Waals surface area contributed by atoms with E-state index >= 15 is 0 Å². The molecular formula is C20H19F3N2O. The molecule has 2 heterocycles. The number of alkyl halides is 3. The lowest BCUT2D eigenvalue weighted by atomic mass is 9.98. The van der Waals surface area contributed by atoms with Crippen LogP contribution in [0.4, 0.5) is 13.2 Å². The molecule has 0 spiro atoms. The molecular weight excluding hydrogens is 341 g/mol.